The first kappa shape index (κ1) is 17.8. The molecule has 2 nitrogen and oxygen atoms in total. The molecule has 0 saturated carbocycles. The number of hydrogen-bond donors (Lipinski definition) is 1. The molecule has 0 bridgehead atoms. The van der Waals surface area contributed by atoms with Crippen LogP contribution in [0.5, 0.6) is 5.75 Å². The zero-order chi connectivity index (χ0) is 16.0. The van der Waals surface area contributed by atoms with Crippen LogP contribution in [0.15, 0.2) is 24.3 Å². The minimum absolute atomic E-state index is 0.154. The van der Waals surface area contributed by atoms with E-state index in [1.807, 2.05) is 13.0 Å². The molecule has 0 amide bonds. The summed E-state index contributed by atoms with van der Waals surface area (Å²) in [4.78, 5) is 0. The van der Waals surface area contributed by atoms with Crippen molar-refractivity contribution in [3.8, 4) is 5.75 Å². The SMILES string of the molecule is CC(C)CNCC(C)C(C)c1cccc(OC(F)(F)F)c1. The Morgan fingerprint density at radius 1 is 1.10 bits per heavy atom. The molecule has 0 saturated heterocycles. The lowest BCUT2D eigenvalue weighted by Crippen LogP contribution is -2.27. The summed E-state index contributed by atoms with van der Waals surface area (Å²) in [6, 6.07) is 6.23. The third-order valence-corrected chi connectivity index (χ3v) is 3.49. The second-order valence-electron chi connectivity index (χ2n) is 5.94. The molecule has 1 N–H and O–H groups in total. The van der Waals surface area contributed by atoms with E-state index in [-0.39, 0.29) is 11.7 Å². The van der Waals surface area contributed by atoms with Crippen molar-refractivity contribution in [3.05, 3.63) is 29.8 Å². The van der Waals surface area contributed by atoms with E-state index in [1.54, 1.807) is 6.07 Å². The number of ether oxygens (including phenoxy) is 1. The largest absolute Gasteiger partial charge is 0.573 e. The van der Waals surface area contributed by atoms with Gasteiger partial charge in [0.2, 0.25) is 0 Å². The lowest BCUT2D eigenvalue weighted by Gasteiger charge is -2.22. The monoisotopic (exact) mass is 303 g/mol. The van der Waals surface area contributed by atoms with Gasteiger partial charge in [-0.05, 0) is 48.5 Å². The molecule has 21 heavy (non-hydrogen) atoms. The van der Waals surface area contributed by atoms with Crippen LogP contribution in [-0.2, 0) is 0 Å². The van der Waals surface area contributed by atoms with Crippen molar-refractivity contribution in [2.75, 3.05) is 13.1 Å². The Balaban J connectivity index is 2.64. The molecule has 1 aromatic rings. The van der Waals surface area contributed by atoms with Gasteiger partial charge in [-0.2, -0.15) is 0 Å². The Hall–Kier alpha value is -1.23. The van der Waals surface area contributed by atoms with E-state index >= 15 is 0 Å². The van der Waals surface area contributed by atoms with Gasteiger partial charge in [0.25, 0.3) is 0 Å². The molecule has 1 aromatic carbocycles. The summed E-state index contributed by atoms with van der Waals surface area (Å²) < 4.78 is 40.7. The molecular weight excluding hydrogens is 279 g/mol. The highest BCUT2D eigenvalue weighted by Gasteiger charge is 2.31. The lowest BCUT2D eigenvalue weighted by molar-refractivity contribution is -0.274. The van der Waals surface area contributed by atoms with Crippen LogP contribution in [0.1, 0.15) is 39.2 Å². The van der Waals surface area contributed by atoms with Crippen molar-refractivity contribution in [2.24, 2.45) is 11.8 Å². The van der Waals surface area contributed by atoms with E-state index in [1.165, 1.54) is 12.1 Å². The zero-order valence-corrected chi connectivity index (χ0v) is 13.0. The standard InChI is InChI=1S/C16H24F3NO/c1-11(2)9-20-10-12(3)13(4)14-6-5-7-15(8-14)21-16(17,18)19/h5-8,11-13,20H,9-10H2,1-4H3. The fourth-order valence-electron chi connectivity index (χ4n) is 2.10. The van der Waals surface area contributed by atoms with Crippen LogP contribution >= 0.6 is 0 Å². The molecule has 5 heteroatoms. The molecular formula is C16H24F3NO. The Bertz CT molecular complexity index is 432. The molecule has 0 heterocycles. The maximum atomic E-state index is 12.2. The normalized spacial score (nSPS) is 15.0. The molecule has 0 aliphatic rings. The van der Waals surface area contributed by atoms with Crippen LogP contribution in [0.4, 0.5) is 13.2 Å². The van der Waals surface area contributed by atoms with Gasteiger partial charge in [-0.25, -0.2) is 0 Å². The van der Waals surface area contributed by atoms with Crippen molar-refractivity contribution in [1.82, 2.24) is 5.32 Å². The molecule has 0 spiro atoms. The second-order valence-corrected chi connectivity index (χ2v) is 5.94. The minimum Gasteiger partial charge on any atom is -0.406 e. The van der Waals surface area contributed by atoms with Crippen LogP contribution in [0.3, 0.4) is 0 Å². The first-order valence-electron chi connectivity index (χ1n) is 7.25. The van der Waals surface area contributed by atoms with Crippen LogP contribution < -0.4 is 10.1 Å². The van der Waals surface area contributed by atoms with Gasteiger partial charge in [0.1, 0.15) is 5.75 Å². The molecule has 0 aliphatic heterocycles. The van der Waals surface area contributed by atoms with Gasteiger partial charge in [-0.15, -0.1) is 13.2 Å². The van der Waals surface area contributed by atoms with E-state index < -0.39 is 6.36 Å². The lowest BCUT2D eigenvalue weighted by atomic mass is 9.88. The van der Waals surface area contributed by atoms with Gasteiger partial charge in [0.15, 0.2) is 0 Å². The molecule has 2 unspecified atom stereocenters. The molecule has 0 aliphatic carbocycles. The van der Waals surface area contributed by atoms with Gasteiger partial charge >= 0.3 is 6.36 Å². The number of halogens is 3. The van der Waals surface area contributed by atoms with E-state index in [0.717, 1.165) is 18.7 Å². The van der Waals surface area contributed by atoms with Crippen molar-refractivity contribution >= 4 is 0 Å². The minimum atomic E-state index is -4.65. The number of hydrogen-bond acceptors (Lipinski definition) is 2. The van der Waals surface area contributed by atoms with Crippen molar-refractivity contribution in [1.29, 1.82) is 0 Å². The number of alkyl halides is 3. The molecule has 0 radical (unpaired) electrons. The second kappa shape index (κ2) is 7.69. The average molecular weight is 303 g/mol. The maximum Gasteiger partial charge on any atom is 0.573 e. The molecule has 0 aromatic heterocycles. The maximum absolute atomic E-state index is 12.2. The van der Waals surface area contributed by atoms with E-state index in [2.05, 4.69) is 30.8 Å². The fraction of sp³-hybridized carbons (Fsp3) is 0.625. The third-order valence-electron chi connectivity index (χ3n) is 3.49. The number of rotatable bonds is 7. The van der Waals surface area contributed by atoms with Gasteiger partial charge in [-0.3, -0.25) is 0 Å². The Morgan fingerprint density at radius 2 is 1.76 bits per heavy atom. The predicted octanol–water partition coefficient (Wildman–Crippen LogP) is 4.57. The summed E-state index contributed by atoms with van der Waals surface area (Å²) in [5.41, 5.74) is 0.857. The topological polar surface area (TPSA) is 21.3 Å². The zero-order valence-electron chi connectivity index (χ0n) is 13.0. The summed E-state index contributed by atoms with van der Waals surface area (Å²) in [5, 5.41) is 3.38. The fourth-order valence-corrected chi connectivity index (χ4v) is 2.10. The highest BCUT2D eigenvalue weighted by molar-refractivity contribution is 5.31. The molecule has 120 valence electrons. The predicted molar refractivity (Wildman–Crippen MR) is 78.4 cm³/mol. The van der Waals surface area contributed by atoms with Crippen LogP contribution in [-0.4, -0.2) is 19.5 Å². The van der Waals surface area contributed by atoms with Gasteiger partial charge in [0, 0.05) is 0 Å². The quantitative estimate of drug-likeness (QED) is 0.796. The summed E-state index contributed by atoms with van der Waals surface area (Å²) >= 11 is 0. The average Bonchev–Trinajstić information content (AvgIpc) is 2.35. The van der Waals surface area contributed by atoms with Crippen LogP contribution in [0, 0.1) is 11.8 Å². The molecule has 2 atom stereocenters. The highest BCUT2D eigenvalue weighted by Crippen LogP contribution is 2.29. The Labute approximate surface area is 124 Å². The first-order chi connectivity index (χ1) is 9.69. The number of nitrogens with one attached hydrogen (secondary N) is 1. The smallest absolute Gasteiger partial charge is 0.406 e. The van der Waals surface area contributed by atoms with Crippen LogP contribution in [0.2, 0.25) is 0 Å². The van der Waals surface area contributed by atoms with Crippen molar-refractivity contribution in [2.45, 2.75) is 40.0 Å². The van der Waals surface area contributed by atoms with Gasteiger partial charge in [0.05, 0.1) is 0 Å². The third kappa shape index (κ3) is 6.85. The van der Waals surface area contributed by atoms with E-state index in [0.29, 0.717) is 11.8 Å². The van der Waals surface area contributed by atoms with Crippen molar-refractivity contribution in [3.63, 3.8) is 0 Å². The Kier molecular flexibility index (Phi) is 6.52. The van der Waals surface area contributed by atoms with E-state index in [4.69, 9.17) is 0 Å². The highest BCUT2D eigenvalue weighted by atomic mass is 19.4. The molecule has 1 rings (SSSR count). The summed E-state index contributed by atoms with van der Waals surface area (Å²) in [6.07, 6.45) is -4.65. The summed E-state index contributed by atoms with van der Waals surface area (Å²) in [5.74, 6) is 0.900. The Morgan fingerprint density at radius 3 is 2.33 bits per heavy atom. The first-order valence-corrected chi connectivity index (χ1v) is 7.25. The molecule has 0 fully saturated rings. The van der Waals surface area contributed by atoms with Crippen molar-refractivity contribution < 1.29 is 17.9 Å². The van der Waals surface area contributed by atoms with Crippen LogP contribution in [0.25, 0.3) is 0 Å². The summed E-state index contributed by atoms with van der Waals surface area (Å²) in [6.45, 7) is 10.2. The van der Waals surface area contributed by atoms with Gasteiger partial charge in [-0.1, -0.05) is 39.8 Å². The number of benzene rings is 1. The summed E-state index contributed by atoms with van der Waals surface area (Å²) in [7, 11) is 0. The van der Waals surface area contributed by atoms with Gasteiger partial charge < -0.3 is 10.1 Å². The van der Waals surface area contributed by atoms with E-state index in [9.17, 15) is 13.2 Å².